The third kappa shape index (κ3) is 3.72. The smallest absolute Gasteiger partial charge is 0.145 e. The van der Waals surface area contributed by atoms with Crippen molar-refractivity contribution in [1.82, 2.24) is 9.55 Å². The summed E-state index contributed by atoms with van der Waals surface area (Å²) in [5.74, 6) is 1.00. The number of thioether (sulfide) groups is 2. The number of allylic oxidation sites excluding steroid dienone is 1. The molecule has 1 aliphatic rings. The number of benzene rings is 1. The topological polar surface area (TPSA) is 41.6 Å². The minimum absolute atomic E-state index is 0.424. The van der Waals surface area contributed by atoms with E-state index >= 15 is 0 Å². The van der Waals surface area contributed by atoms with Crippen LogP contribution in [0.5, 0.6) is 0 Å². The van der Waals surface area contributed by atoms with E-state index in [4.69, 9.17) is 0 Å². The third-order valence-electron chi connectivity index (χ3n) is 2.85. The van der Waals surface area contributed by atoms with Gasteiger partial charge in [-0.15, -0.1) is 23.5 Å². The molecule has 0 spiro atoms. The normalized spacial score (nSPS) is 19.4. The predicted molar refractivity (Wildman–Crippen MR) is 91.6 cm³/mol. The van der Waals surface area contributed by atoms with Gasteiger partial charge in [-0.3, -0.25) is 4.57 Å². The lowest BCUT2D eigenvalue weighted by atomic mass is 10.2. The molecule has 0 radical (unpaired) electrons. The Morgan fingerprint density at radius 1 is 1.33 bits per heavy atom. The molecule has 1 aromatic carbocycles. The second-order valence-corrected chi connectivity index (χ2v) is 6.55. The van der Waals surface area contributed by atoms with E-state index in [0.717, 1.165) is 9.99 Å². The van der Waals surface area contributed by atoms with Gasteiger partial charge in [0.1, 0.15) is 11.8 Å². The molecule has 0 aliphatic carbocycles. The molecule has 21 heavy (non-hydrogen) atoms. The lowest BCUT2D eigenvalue weighted by Gasteiger charge is -2.07. The Kier molecular flexibility index (Phi) is 5.97. The van der Waals surface area contributed by atoms with E-state index < -0.39 is 0 Å². The summed E-state index contributed by atoms with van der Waals surface area (Å²) in [7, 11) is 0. The fraction of sp³-hybridized carbons (Fsp3) is 0.250. The van der Waals surface area contributed by atoms with E-state index in [-0.39, 0.29) is 0 Å². The molecule has 0 N–H and O–H groups in total. The van der Waals surface area contributed by atoms with Crippen molar-refractivity contribution in [3.05, 3.63) is 58.9 Å². The van der Waals surface area contributed by atoms with Crippen LogP contribution in [0.25, 0.3) is 5.70 Å². The largest absolute Gasteiger partial charge is 0.296 e. The molecular formula is C16H17N3S2. The van der Waals surface area contributed by atoms with Crippen LogP contribution in [0.4, 0.5) is 0 Å². The first kappa shape index (κ1) is 15.7. The molecular weight excluding hydrogens is 298 g/mol. The number of hydrogen-bond acceptors (Lipinski definition) is 4. The van der Waals surface area contributed by atoms with Gasteiger partial charge in [-0.05, 0) is 5.56 Å². The predicted octanol–water partition coefficient (Wildman–Crippen LogP) is 4.78. The molecule has 1 unspecified atom stereocenters. The Morgan fingerprint density at radius 3 is 2.71 bits per heavy atom. The van der Waals surface area contributed by atoms with Crippen LogP contribution in [-0.4, -0.2) is 15.3 Å². The highest BCUT2D eigenvalue weighted by atomic mass is 32.2. The second kappa shape index (κ2) is 7.96. The maximum atomic E-state index is 9.33. The van der Waals surface area contributed by atoms with Crippen molar-refractivity contribution in [3.63, 3.8) is 0 Å². The summed E-state index contributed by atoms with van der Waals surface area (Å²) in [6.45, 7) is 4.00. The summed E-state index contributed by atoms with van der Waals surface area (Å²) in [5.41, 5.74) is 1.99. The van der Waals surface area contributed by atoms with E-state index in [1.807, 2.05) is 26.1 Å². The summed E-state index contributed by atoms with van der Waals surface area (Å²) >= 11 is 3.51. The molecule has 3 nitrogen and oxygen atoms in total. The molecule has 1 saturated heterocycles. The van der Waals surface area contributed by atoms with Crippen LogP contribution in [0.1, 0.15) is 24.7 Å². The highest BCUT2D eigenvalue weighted by Crippen LogP contribution is 2.51. The Morgan fingerprint density at radius 2 is 2.10 bits per heavy atom. The van der Waals surface area contributed by atoms with Gasteiger partial charge in [-0.1, -0.05) is 44.2 Å². The van der Waals surface area contributed by atoms with Crippen molar-refractivity contribution in [3.8, 4) is 6.07 Å². The molecule has 0 saturated carbocycles. The van der Waals surface area contributed by atoms with E-state index in [2.05, 4.69) is 35.3 Å². The Balaban J connectivity index is 0.000000774. The molecule has 0 bridgehead atoms. The minimum atomic E-state index is 0.424. The maximum absolute atomic E-state index is 9.33. The molecule has 108 valence electrons. The molecule has 0 amide bonds. The van der Waals surface area contributed by atoms with Gasteiger partial charge in [0.25, 0.3) is 0 Å². The van der Waals surface area contributed by atoms with Crippen molar-refractivity contribution >= 4 is 29.2 Å². The highest BCUT2D eigenvalue weighted by molar-refractivity contribution is 8.25. The van der Waals surface area contributed by atoms with Crippen molar-refractivity contribution in [2.75, 3.05) is 5.75 Å². The van der Waals surface area contributed by atoms with E-state index in [0.29, 0.717) is 10.9 Å². The maximum Gasteiger partial charge on any atom is 0.145 e. The fourth-order valence-electron chi connectivity index (χ4n) is 1.90. The Bertz CT molecular complexity index is 627. The van der Waals surface area contributed by atoms with Crippen LogP contribution in [0.2, 0.25) is 0 Å². The van der Waals surface area contributed by atoms with Crippen molar-refractivity contribution < 1.29 is 0 Å². The molecule has 3 rings (SSSR count). The number of nitrogens with zero attached hydrogens (tertiary/aromatic N) is 3. The standard InChI is InChI=1S/C14H11N3S2.C2H6/c15-8-12(17-7-6-16-10-17)14-18-9-13(19-14)11-4-2-1-3-5-11;1-2/h1-7,10,13H,9H2;1-2H3/b14-12+;. The van der Waals surface area contributed by atoms with Crippen LogP contribution in [0, 0.1) is 11.3 Å². The average molecular weight is 315 g/mol. The zero-order valence-electron chi connectivity index (χ0n) is 12.1. The van der Waals surface area contributed by atoms with Crippen LogP contribution < -0.4 is 0 Å². The quantitative estimate of drug-likeness (QED) is 0.748. The Hall–Kier alpha value is -1.64. The minimum Gasteiger partial charge on any atom is -0.296 e. The summed E-state index contributed by atoms with van der Waals surface area (Å²) in [6.07, 6.45) is 5.17. The summed E-state index contributed by atoms with van der Waals surface area (Å²) < 4.78 is 2.86. The summed E-state index contributed by atoms with van der Waals surface area (Å²) in [4.78, 5) is 4.00. The van der Waals surface area contributed by atoms with Gasteiger partial charge in [0.15, 0.2) is 0 Å². The van der Waals surface area contributed by atoms with Crippen molar-refractivity contribution in [2.24, 2.45) is 0 Å². The average Bonchev–Trinajstić information content (AvgIpc) is 3.23. The lowest BCUT2D eigenvalue weighted by molar-refractivity contribution is 1.10. The molecule has 1 aliphatic heterocycles. The van der Waals surface area contributed by atoms with E-state index in [1.165, 1.54) is 5.56 Å². The van der Waals surface area contributed by atoms with Gasteiger partial charge in [0.2, 0.25) is 0 Å². The molecule has 2 aromatic rings. The summed E-state index contributed by atoms with van der Waals surface area (Å²) in [6, 6.07) is 12.7. The van der Waals surface area contributed by atoms with Crippen LogP contribution >= 0.6 is 23.5 Å². The van der Waals surface area contributed by atoms with Gasteiger partial charge in [-0.2, -0.15) is 5.26 Å². The first-order valence-corrected chi connectivity index (χ1v) is 8.72. The van der Waals surface area contributed by atoms with Crippen molar-refractivity contribution in [1.29, 1.82) is 5.26 Å². The van der Waals surface area contributed by atoms with Gasteiger partial charge in [0, 0.05) is 23.4 Å². The number of hydrogen-bond donors (Lipinski definition) is 0. The molecule has 1 aromatic heterocycles. The molecule has 2 heterocycles. The SMILES string of the molecule is CC.N#C/C(=C1/SCC(c2ccccc2)S1)n1ccnc1. The number of rotatable bonds is 2. The summed E-state index contributed by atoms with van der Waals surface area (Å²) in [5, 5.41) is 9.76. The van der Waals surface area contributed by atoms with Crippen LogP contribution in [0.15, 0.2) is 53.3 Å². The molecule has 5 heteroatoms. The first-order chi connectivity index (χ1) is 10.4. The Labute approximate surface area is 134 Å². The second-order valence-electron chi connectivity index (χ2n) is 4.05. The van der Waals surface area contributed by atoms with Gasteiger partial charge in [0.05, 0.1) is 10.6 Å². The van der Waals surface area contributed by atoms with Crippen molar-refractivity contribution in [2.45, 2.75) is 19.1 Å². The van der Waals surface area contributed by atoms with E-state index in [9.17, 15) is 5.26 Å². The monoisotopic (exact) mass is 315 g/mol. The third-order valence-corrected chi connectivity index (χ3v) is 5.79. The van der Waals surface area contributed by atoms with E-state index in [1.54, 1.807) is 40.6 Å². The number of nitriles is 1. The fourth-order valence-corrected chi connectivity index (χ4v) is 4.80. The number of aromatic nitrogens is 2. The number of imidazole rings is 1. The first-order valence-electron chi connectivity index (χ1n) is 6.85. The highest BCUT2D eigenvalue weighted by Gasteiger charge is 2.25. The van der Waals surface area contributed by atoms with Crippen LogP contribution in [0.3, 0.4) is 0 Å². The lowest BCUT2D eigenvalue weighted by Crippen LogP contribution is -1.92. The van der Waals surface area contributed by atoms with Gasteiger partial charge in [-0.25, -0.2) is 4.98 Å². The molecule has 1 atom stereocenters. The van der Waals surface area contributed by atoms with Gasteiger partial charge < -0.3 is 0 Å². The van der Waals surface area contributed by atoms with Gasteiger partial charge >= 0.3 is 0 Å². The zero-order chi connectivity index (χ0) is 15.1. The molecule has 1 fully saturated rings. The zero-order valence-corrected chi connectivity index (χ0v) is 13.7. The van der Waals surface area contributed by atoms with Crippen LogP contribution in [-0.2, 0) is 0 Å².